The first kappa shape index (κ1) is 17.9. The first-order valence-corrected chi connectivity index (χ1v) is 10.2. The summed E-state index contributed by atoms with van der Waals surface area (Å²) < 4.78 is 0. The lowest BCUT2D eigenvalue weighted by Gasteiger charge is -2.39. The van der Waals surface area contributed by atoms with Crippen molar-refractivity contribution in [2.45, 2.75) is 43.9 Å². The monoisotopic (exact) mass is 389 g/mol. The van der Waals surface area contributed by atoms with E-state index in [1.165, 1.54) is 0 Å². The first-order valence-electron chi connectivity index (χ1n) is 10.2. The Bertz CT molecular complexity index is 1110. The van der Waals surface area contributed by atoms with Gasteiger partial charge in [0.25, 0.3) is 5.56 Å². The molecule has 148 valence electrons. The van der Waals surface area contributed by atoms with Crippen molar-refractivity contribution in [3.8, 4) is 6.07 Å². The molecule has 7 nitrogen and oxygen atoms in total. The number of rotatable bonds is 1. The van der Waals surface area contributed by atoms with Gasteiger partial charge in [-0.05, 0) is 50.7 Å². The molecule has 0 saturated carbocycles. The van der Waals surface area contributed by atoms with E-state index in [0.717, 1.165) is 48.2 Å². The molecule has 1 spiro atoms. The van der Waals surface area contributed by atoms with Crippen LogP contribution in [0.1, 0.15) is 48.1 Å². The van der Waals surface area contributed by atoms with E-state index in [2.05, 4.69) is 16.0 Å². The molecule has 2 aliphatic heterocycles. The number of amides is 1. The van der Waals surface area contributed by atoms with Gasteiger partial charge >= 0.3 is 0 Å². The van der Waals surface area contributed by atoms with Gasteiger partial charge < -0.3 is 9.80 Å². The number of H-pyrrole nitrogens is 1. The van der Waals surface area contributed by atoms with Gasteiger partial charge in [-0.3, -0.25) is 14.6 Å². The second kappa shape index (κ2) is 6.45. The molecule has 0 atom stereocenters. The molecule has 3 heterocycles. The Balaban J connectivity index is 1.48. The molecule has 7 heteroatoms. The Morgan fingerprint density at radius 1 is 1.17 bits per heavy atom. The normalized spacial score (nSPS) is 19.8. The van der Waals surface area contributed by atoms with Gasteiger partial charge in [0.1, 0.15) is 0 Å². The second-order valence-electron chi connectivity index (χ2n) is 8.27. The fraction of sp³-hybridized carbons (Fsp3) is 0.455. The van der Waals surface area contributed by atoms with Crippen molar-refractivity contribution in [2.75, 3.05) is 29.9 Å². The second-order valence-corrected chi connectivity index (χ2v) is 8.27. The molecule has 1 N–H and O–H groups in total. The van der Waals surface area contributed by atoms with Crippen LogP contribution in [0.4, 0.5) is 11.6 Å². The zero-order chi connectivity index (χ0) is 20.2. The molecule has 0 unspecified atom stereocenters. The Hall–Kier alpha value is -3.14. The Labute approximate surface area is 169 Å². The number of aromatic amines is 1. The largest absolute Gasteiger partial charge is 0.342 e. The van der Waals surface area contributed by atoms with Gasteiger partial charge in [-0.2, -0.15) is 5.26 Å². The minimum Gasteiger partial charge on any atom is -0.342 e. The predicted molar refractivity (Wildman–Crippen MR) is 109 cm³/mol. The van der Waals surface area contributed by atoms with E-state index in [4.69, 9.17) is 4.98 Å². The summed E-state index contributed by atoms with van der Waals surface area (Å²) in [7, 11) is 1.78. The summed E-state index contributed by atoms with van der Waals surface area (Å²) >= 11 is 0. The molecule has 29 heavy (non-hydrogen) atoms. The molecule has 2 aromatic rings. The number of benzene rings is 1. The molecule has 3 aliphatic rings. The standard InChI is InChI=1S/C22H23N5O2/c1-26-17-8-4-5-14(13-23)18(17)22(20(26)29)9-11-27(12-10-22)21-24-16-7-3-2-6-15(16)19(28)25-21/h4-5,8H,2-3,6-7,9-12H2,1H3,(H,24,25,28). The van der Waals surface area contributed by atoms with E-state index in [1.807, 2.05) is 12.1 Å². The average molecular weight is 389 g/mol. The molecule has 1 aromatic heterocycles. The van der Waals surface area contributed by atoms with Crippen molar-refractivity contribution in [1.29, 1.82) is 5.26 Å². The van der Waals surface area contributed by atoms with Crippen molar-refractivity contribution in [1.82, 2.24) is 9.97 Å². The Morgan fingerprint density at radius 2 is 1.93 bits per heavy atom. The number of aromatic nitrogens is 2. The SMILES string of the molecule is CN1C(=O)C2(CCN(c3nc4c(c(=O)[nH]3)CCCC4)CC2)c2c(C#N)cccc21. The van der Waals surface area contributed by atoms with Crippen molar-refractivity contribution in [3.63, 3.8) is 0 Å². The van der Waals surface area contributed by atoms with Gasteiger partial charge in [0.2, 0.25) is 11.9 Å². The van der Waals surface area contributed by atoms with E-state index in [-0.39, 0.29) is 11.5 Å². The summed E-state index contributed by atoms with van der Waals surface area (Å²) in [4.78, 5) is 37.2. The lowest BCUT2D eigenvalue weighted by molar-refractivity contribution is -0.123. The highest BCUT2D eigenvalue weighted by Crippen LogP contribution is 2.49. The number of nitrogens with one attached hydrogen (secondary N) is 1. The maximum atomic E-state index is 13.2. The molecule has 1 aromatic carbocycles. The average Bonchev–Trinajstić information content (AvgIpc) is 2.96. The van der Waals surface area contributed by atoms with Crippen LogP contribution >= 0.6 is 0 Å². The number of nitrogens with zero attached hydrogens (tertiary/aromatic N) is 4. The van der Waals surface area contributed by atoms with Gasteiger partial charge in [0.15, 0.2) is 0 Å². The number of fused-ring (bicyclic) bond motifs is 3. The van der Waals surface area contributed by atoms with Gasteiger partial charge in [-0.15, -0.1) is 0 Å². The molecular formula is C22H23N5O2. The van der Waals surface area contributed by atoms with Crippen LogP contribution in [0, 0.1) is 11.3 Å². The Kier molecular flexibility index (Phi) is 3.98. The maximum Gasteiger partial charge on any atom is 0.255 e. The van der Waals surface area contributed by atoms with Crippen LogP contribution in [-0.4, -0.2) is 36.0 Å². The zero-order valence-electron chi connectivity index (χ0n) is 16.5. The molecule has 1 amide bonds. The molecule has 5 rings (SSSR count). The number of piperidine rings is 1. The van der Waals surface area contributed by atoms with Gasteiger partial charge in [0.05, 0.1) is 22.7 Å². The van der Waals surface area contributed by atoms with Crippen LogP contribution in [0.25, 0.3) is 0 Å². The van der Waals surface area contributed by atoms with Crippen molar-refractivity contribution < 1.29 is 4.79 Å². The van der Waals surface area contributed by atoms with Crippen molar-refractivity contribution in [2.24, 2.45) is 0 Å². The van der Waals surface area contributed by atoms with Crippen molar-refractivity contribution in [3.05, 3.63) is 50.9 Å². The van der Waals surface area contributed by atoms with Crippen LogP contribution < -0.4 is 15.4 Å². The van der Waals surface area contributed by atoms with E-state index < -0.39 is 5.41 Å². The van der Waals surface area contributed by atoms with Crippen LogP contribution in [0.2, 0.25) is 0 Å². The third kappa shape index (κ3) is 2.52. The number of carbonyl (C=O) groups is 1. The highest BCUT2D eigenvalue weighted by molar-refractivity contribution is 6.08. The fourth-order valence-corrected chi connectivity index (χ4v) is 5.26. The lowest BCUT2D eigenvalue weighted by atomic mass is 9.72. The molecule has 0 bridgehead atoms. The van der Waals surface area contributed by atoms with Gasteiger partial charge in [-0.1, -0.05) is 6.07 Å². The van der Waals surface area contributed by atoms with Gasteiger partial charge in [0, 0.05) is 37.0 Å². The summed E-state index contributed by atoms with van der Waals surface area (Å²) in [6, 6.07) is 7.81. The Morgan fingerprint density at radius 3 is 2.69 bits per heavy atom. The number of hydrogen-bond donors (Lipinski definition) is 1. The fourth-order valence-electron chi connectivity index (χ4n) is 5.26. The summed E-state index contributed by atoms with van der Waals surface area (Å²) in [5.41, 5.74) is 3.33. The summed E-state index contributed by atoms with van der Waals surface area (Å²) in [5.74, 6) is 0.667. The quantitative estimate of drug-likeness (QED) is 0.806. The molecule has 1 fully saturated rings. The summed E-state index contributed by atoms with van der Waals surface area (Å²) in [5, 5.41) is 9.62. The third-order valence-corrected chi connectivity index (χ3v) is 6.81. The highest BCUT2D eigenvalue weighted by Gasteiger charge is 2.52. The molecule has 1 saturated heterocycles. The maximum absolute atomic E-state index is 13.2. The number of nitriles is 1. The smallest absolute Gasteiger partial charge is 0.255 e. The van der Waals surface area contributed by atoms with Crippen LogP contribution in [0.15, 0.2) is 23.0 Å². The zero-order valence-corrected chi connectivity index (χ0v) is 16.5. The first-order chi connectivity index (χ1) is 14.0. The number of aryl methyl sites for hydroxylation is 1. The van der Waals surface area contributed by atoms with E-state index in [1.54, 1.807) is 18.0 Å². The number of carbonyl (C=O) groups excluding carboxylic acids is 1. The minimum absolute atomic E-state index is 0.0289. The number of likely N-dealkylation sites (N-methyl/N-ethyl adjacent to an activating group) is 1. The highest BCUT2D eigenvalue weighted by atomic mass is 16.2. The van der Waals surface area contributed by atoms with E-state index in [9.17, 15) is 14.9 Å². The van der Waals surface area contributed by atoms with Gasteiger partial charge in [-0.25, -0.2) is 4.98 Å². The predicted octanol–water partition coefficient (Wildman–Crippen LogP) is 2.03. The molecule has 1 aliphatic carbocycles. The third-order valence-electron chi connectivity index (χ3n) is 6.81. The summed E-state index contributed by atoms with van der Waals surface area (Å²) in [6.45, 7) is 1.22. The van der Waals surface area contributed by atoms with E-state index >= 15 is 0 Å². The molecular weight excluding hydrogens is 366 g/mol. The topological polar surface area (TPSA) is 93.1 Å². The van der Waals surface area contributed by atoms with Crippen molar-refractivity contribution >= 4 is 17.5 Å². The summed E-state index contributed by atoms with van der Waals surface area (Å²) in [6.07, 6.45) is 4.97. The molecule has 0 radical (unpaired) electrons. The lowest BCUT2D eigenvalue weighted by Crippen LogP contribution is -2.49. The number of hydrogen-bond acceptors (Lipinski definition) is 5. The van der Waals surface area contributed by atoms with Crippen LogP contribution in [-0.2, 0) is 23.1 Å². The minimum atomic E-state index is -0.665. The van der Waals surface area contributed by atoms with E-state index in [0.29, 0.717) is 37.4 Å². The van der Waals surface area contributed by atoms with Crippen LogP contribution in [0.3, 0.4) is 0 Å². The number of anilines is 2. The van der Waals surface area contributed by atoms with Crippen LogP contribution in [0.5, 0.6) is 0 Å².